The van der Waals surface area contributed by atoms with Crippen LogP contribution in [0.1, 0.15) is 39.0 Å². The predicted octanol–water partition coefficient (Wildman–Crippen LogP) is 1.98. The van der Waals surface area contributed by atoms with E-state index in [-0.39, 0.29) is 17.6 Å². The second kappa shape index (κ2) is 4.90. The zero-order chi connectivity index (χ0) is 12.4. The van der Waals surface area contributed by atoms with E-state index >= 15 is 0 Å². The SMILES string of the molecule is C=C1C(=O)OC2C(CCCCCC)OC(=O)C12. The molecule has 4 nitrogen and oxygen atoms in total. The number of unbranched alkanes of at least 4 members (excludes halogenated alkanes) is 3. The molecule has 0 aromatic rings. The lowest BCUT2D eigenvalue weighted by molar-refractivity contribution is -0.149. The van der Waals surface area contributed by atoms with Gasteiger partial charge in [0, 0.05) is 5.57 Å². The lowest BCUT2D eigenvalue weighted by Crippen LogP contribution is -2.25. The van der Waals surface area contributed by atoms with Crippen LogP contribution in [0, 0.1) is 5.92 Å². The smallest absolute Gasteiger partial charge is 0.334 e. The molecule has 3 unspecified atom stereocenters. The first-order valence-electron chi connectivity index (χ1n) is 6.25. The lowest BCUT2D eigenvalue weighted by atomic mass is 9.95. The summed E-state index contributed by atoms with van der Waals surface area (Å²) in [5.41, 5.74) is 0.246. The van der Waals surface area contributed by atoms with Crippen molar-refractivity contribution in [3.8, 4) is 0 Å². The molecule has 0 aromatic carbocycles. The van der Waals surface area contributed by atoms with Gasteiger partial charge in [0.15, 0.2) is 6.10 Å². The third kappa shape index (κ3) is 2.21. The predicted molar refractivity (Wildman–Crippen MR) is 61.1 cm³/mol. The van der Waals surface area contributed by atoms with Crippen LogP contribution in [0.2, 0.25) is 0 Å². The summed E-state index contributed by atoms with van der Waals surface area (Å²) in [6.07, 6.45) is 4.55. The Kier molecular flexibility index (Phi) is 3.50. The van der Waals surface area contributed by atoms with Crippen LogP contribution in [0.3, 0.4) is 0 Å². The molecule has 0 spiro atoms. The summed E-state index contributed by atoms with van der Waals surface area (Å²) in [7, 11) is 0. The molecule has 0 aromatic heterocycles. The fraction of sp³-hybridized carbons (Fsp3) is 0.692. The van der Waals surface area contributed by atoms with E-state index in [1.807, 2.05) is 0 Å². The number of carbonyl (C=O) groups is 2. The van der Waals surface area contributed by atoms with Crippen LogP contribution in [0.5, 0.6) is 0 Å². The molecule has 0 N–H and O–H groups in total. The van der Waals surface area contributed by atoms with Gasteiger partial charge in [0.05, 0.1) is 0 Å². The Labute approximate surface area is 101 Å². The van der Waals surface area contributed by atoms with Gasteiger partial charge in [-0.2, -0.15) is 0 Å². The summed E-state index contributed by atoms with van der Waals surface area (Å²) in [5.74, 6) is -1.36. The molecule has 2 heterocycles. The Morgan fingerprint density at radius 3 is 2.65 bits per heavy atom. The number of carbonyl (C=O) groups excluding carboxylic acids is 2. The van der Waals surface area contributed by atoms with Gasteiger partial charge in [-0.1, -0.05) is 32.8 Å². The number of hydrogen-bond donors (Lipinski definition) is 0. The topological polar surface area (TPSA) is 52.6 Å². The molecule has 0 bridgehead atoms. The largest absolute Gasteiger partial charge is 0.458 e. The third-order valence-corrected chi connectivity index (χ3v) is 3.44. The molecular formula is C13H18O4. The normalized spacial score (nSPS) is 31.4. The highest BCUT2D eigenvalue weighted by Crippen LogP contribution is 2.38. The zero-order valence-corrected chi connectivity index (χ0v) is 10.1. The maximum atomic E-state index is 11.6. The Hall–Kier alpha value is -1.32. The lowest BCUT2D eigenvalue weighted by Gasteiger charge is -2.14. The van der Waals surface area contributed by atoms with Crippen LogP contribution in [-0.4, -0.2) is 24.1 Å². The first-order chi connectivity index (χ1) is 8.15. The fourth-order valence-electron chi connectivity index (χ4n) is 2.44. The molecule has 0 aliphatic carbocycles. The minimum atomic E-state index is -0.557. The molecule has 2 aliphatic heterocycles. The van der Waals surface area contributed by atoms with Crippen molar-refractivity contribution in [2.24, 2.45) is 5.92 Å². The highest BCUT2D eigenvalue weighted by atomic mass is 16.6. The summed E-state index contributed by atoms with van der Waals surface area (Å²) in [6.45, 7) is 5.74. The number of hydrogen-bond acceptors (Lipinski definition) is 4. The number of fused-ring (bicyclic) bond motifs is 1. The average Bonchev–Trinajstić information content (AvgIpc) is 2.75. The van der Waals surface area contributed by atoms with E-state index < -0.39 is 18.0 Å². The van der Waals surface area contributed by atoms with E-state index in [2.05, 4.69) is 13.5 Å². The highest BCUT2D eigenvalue weighted by Gasteiger charge is 2.54. The quantitative estimate of drug-likeness (QED) is 0.417. The van der Waals surface area contributed by atoms with Crippen molar-refractivity contribution in [3.63, 3.8) is 0 Å². The van der Waals surface area contributed by atoms with E-state index in [0.29, 0.717) is 0 Å². The molecular weight excluding hydrogens is 220 g/mol. The van der Waals surface area contributed by atoms with E-state index in [1.165, 1.54) is 12.8 Å². The molecule has 94 valence electrons. The minimum absolute atomic E-state index is 0.246. The molecule has 0 amide bonds. The molecule has 2 fully saturated rings. The number of ether oxygens (including phenoxy) is 2. The molecule has 2 saturated heterocycles. The molecule has 2 rings (SSSR count). The van der Waals surface area contributed by atoms with E-state index in [9.17, 15) is 9.59 Å². The van der Waals surface area contributed by atoms with Gasteiger partial charge >= 0.3 is 11.9 Å². The van der Waals surface area contributed by atoms with Gasteiger partial charge in [-0.25, -0.2) is 4.79 Å². The van der Waals surface area contributed by atoms with Crippen LogP contribution in [0.15, 0.2) is 12.2 Å². The van der Waals surface area contributed by atoms with Crippen LogP contribution in [0.4, 0.5) is 0 Å². The van der Waals surface area contributed by atoms with Gasteiger partial charge in [-0.15, -0.1) is 0 Å². The fourth-order valence-corrected chi connectivity index (χ4v) is 2.44. The molecule has 0 saturated carbocycles. The van der Waals surface area contributed by atoms with Gasteiger partial charge in [-0.3, -0.25) is 4.79 Å². The number of rotatable bonds is 5. The zero-order valence-electron chi connectivity index (χ0n) is 10.1. The highest BCUT2D eigenvalue weighted by molar-refractivity contribution is 5.99. The van der Waals surface area contributed by atoms with Crippen molar-refractivity contribution in [1.29, 1.82) is 0 Å². The van der Waals surface area contributed by atoms with Gasteiger partial charge in [0.25, 0.3) is 0 Å². The van der Waals surface area contributed by atoms with E-state index in [0.717, 1.165) is 19.3 Å². The van der Waals surface area contributed by atoms with E-state index in [4.69, 9.17) is 9.47 Å². The van der Waals surface area contributed by atoms with Gasteiger partial charge in [0.2, 0.25) is 0 Å². The van der Waals surface area contributed by atoms with Gasteiger partial charge in [-0.05, 0) is 12.8 Å². The van der Waals surface area contributed by atoms with Crippen LogP contribution < -0.4 is 0 Å². The minimum Gasteiger partial charge on any atom is -0.458 e. The second-order valence-electron chi connectivity index (χ2n) is 4.70. The maximum Gasteiger partial charge on any atom is 0.334 e. The van der Waals surface area contributed by atoms with Crippen LogP contribution in [-0.2, 0) is 19.1 Å². The average molecular weight is 238 g/mol. The van der Waals surface area contributed by atoms with Crippen molar-refractivity contribution < 1.29 is 19.1 Å². The number of cyclic esters (lactones) is 1. The monoisotopic (exact) mass is 238 g/mol. The molecule has 17 heavy (non-hydrogen) atoms. The van der Waals surface area contributed by atoms with Crippen molar-refractivity contribution in [2.45, 2.75) is 51.2 Å². The maximum absolute atomic E-state index is 11.6. The Morgan fingerprint density at radius 1 is 1.18 bits per heavy atom. The Bertz CT molecular complexity index is 347. The van der Waals surface area contributed by atoms with Crippen molar-refractivity contribution in [1.82, 2.24) is 0 Å². The molecule has 4 heteroatoms. The van der Waals surface area contributed by atoms with Gasteiger partial charge < -0.3 is 9.47 Å². The third-order valence-electron chi connectivity index (χ3n) is 3.44. The Balaban J connectivity index is 1.91. The van der Waals surface area contributed by atoms with Crippen LogP contribution in [0.25, 0.3) is 0 Å². The first-order valence-corrected chi connectivity index (χ1v) is 6.25. The number of esters is 2. The standard InChI is InChI=1S/C13H18O4/c1-3-4-5-6-7-9-11-10(13(15)16-9)8(2)12(14)17-11/h9-11H,2-7H2,1H3. The molecule has 3 atom stereocenters. The summed E-state index contributed by atoms with van der Waals surface area (Å²) in [5, 5.41) is 0. The van der Waals surface area contributed by atoms with Crippen molar-refractivity contribution in [3.05, 3.63) is 12.2 Å². The van der Waals surface area contributed by atoms with Crippen molar-refractivity contribution >= 4 is 11.9 Å². The van der Waals surface area contributed by atoms with Crippen LogP contribution >= 0.6 is 0 Å². The second-order valence-corrected chi connectivity index (χ2v) is 4.70. The van der Waals surface area contributed by atoms with E-state index in [1.54, 1.807) is 0 Å². The van der Waals surface area contributed by atoms with Crippen molar-refractivity contribution in [2.75, 3.05) is 0 Å². The summed E-state index contributed by atoms with van der Waals surface area (Å²) in [4.78, 5) is 22.9. The molecule has 2 aliphatic rings. The summed E-state index contributed by atoms with van der Waals surface area (Å²) in [6, 6.07) is 0. The first kappa shape index (κ1) is 12.1. The summed E-state index contributed by atoms with van der Waals surface area (Å²) < 4.78 is 10.4. The molecule has 0 radical (unpaired) electrons. The van der Waals surface area contributed by atoms with Gasteiger partial charge in [0.1, 0.15) is 12.0 Å². The Morgan fingerprint density at radius 2 is 1.94 bits per heavy atom. The summed E-state index contributed by atoms with van der Waals surface area (Å²) >= 11 is 0.